The normalized spacial score (nSPS) is 9.67. The number of carboxylic acid groups (broad SMARTS) is 1. The van der Waals surface area contributed by atoms with Crippen molar-refractivity contribution in [1.29, 1.82) is 5.26 Å². The van der Waals surface area contributed by atoms with Crippen LogP contribution < -0.4 is 0 Å². The minimum atomic E-state index is -0.917. The molecule has 78 valence electrons. The van der Waals surface area contributed by atoms with Crippen molar-refractivity contribution in [2.75, 3.05) is 0 Å². The summed E-state index contributed by atoms with van der Waals surface area (Å²) in [7, 11) is 0. The molecule has 5 heteroatoms. The lowest BCUT2D eigenvalue weighted by molar-refractivity contribution is -0.136. The lowest BCUT2D eigenvalue weighted by atomic mass is 10.0. The third-order valence-corrected chi connectivity index (χ3v) is 2.74. The first kappa shape index (κ1) is 12.1. The summed E-state index contributed by atoms with van der Waals surface area (Å²) in [5.74, 6) is -0.917. The SMILES string of the molecule is N#Cc1cc(S)cc(CC(=O)O)c1CBr. The summed E-state index contributed by atoms with van der Waals surface area (Å²) in [5.41, 5.74) is 1.82. The van der Waals surface area contributed by atoms with E-state index in [9.17, 15) is 4.79 Å². The van der Waals surface area contributed by atoms with Crippen molar-refractivity contribution in [3.05, 3.63) is 28.8 Å². The average molecular weight is 286 g/mol. The molecule has 0 spiro atoms. The lowest BCUT2D eigenvalue weighted by Gasteiger charge is -2.08. The number of nitrogens with zero attached hydrogens (tertiary/aromatic N) is 1. The van der Waals surface area contributed by atoms with Crippen LogP contribution in [0.1, 0.15) is 16.7 Å². The van der Waals surface area contributed by atoms with Gasteiger partial charge in [0.25, 0.3) is 0 Å². The fourth-order valence-corrected chi connectivity index (χ4v) is 2.24. The second kappa shape index (κ2) is 5.19. The molecule has 0 radical (unpaired) electrons. The molecule has 0 aliphatic carbocycles. The predicted octanol–water partition coefficient (Wildman–Crippen LogP) is 2.37. The summed E-state index contributed by atoms with van der Waals surface area (Å²) in [4.78, 5) is 11.2. The first-order chi connectivity index (χ1) is 7.08. The third kappa shape index (κ3) is 2.98. The van der Waals surface area contributed by atoms with Gasteiger partial charge in [-0.1, -0.05) is 15.9 Å². The largest absolute Gasteiger partial charge is 0.481 e. The van der Waals surface area contributed by atoms with Gasteiger partial charge in [0.1, 0.15) is 0 Å². The van der Waals surface area contributed by atoms with Gasteiger partial charge in [0, 0.05) is 10.2 Å². The van der Waals surface area contributed by atoms with Gasteiger partial charge in [-0.2, -0.15) is 5.26 Å². The van der Waals surface area contributed by atoms with Crippen LogP contribution >= 0.6 is 28.6 Å². The van der Waals surface area contributed by atoms with Crippen molar-refractivity contribution in [3.8, 4) is 6.07 Å². The quantitative estimate of drug-likeness (QED) is 0.662. The molecule has 1 rings (SSSR count). The molecule has 3 nitrogen and oxygen atoms in total. The van der Waals surface area contributed by atoms with E-state index in [-0.39, 0.29) is 6.42 Å². The molecule has 0 aromatic heterocycles. The fourth-order valence-electron chi connectivity index (χ4n) is 1.29. The predicted molar refractivity (Wildman–Crippen MR) is 62.4 cm³/mol. The monoisotopic (exact) mass is 285 g/mol. The van der Waals surface area contributed by atoms with Gasteiger partial charge in [-0.05, 0) is 23.3 Å². The van der Waals surface area contributed by atoms with Gasteiger partial charge in [0.15, 0.2) is 0 Å². The van der Waals surface area contributed by atoms with Crippen LogP contribution in [-0.2, 0) is 16.5 Å². The second-order valence-electron chi connectivity index (χ2n) is 2.95. The zero-order valence-electron chi connectivity index (χ0n) is 7.70. The molecule has 0 aliphatic heterocycles. The van der Waals surface area contributed by atoms with E-state index in [2.05, 4.69) is 28.6 Å². The summed E-state index contributed by atoms with van der Waals surface area (Å²) < 4.78 is 0. The minimum Gasteiger partial charge on any atom is -0.481 e. The number of nitriles is 1. The second-order valence-corrected chi connectivity index (χ2v) is 4.02. The highest BCUT2D eigenvalue weighted by Crippen LogP contribution is 2.22. The molecular weight excluding hydrogens is 278 g/mol. The number of benzene rings is 1. The van der Waals surface area contributed by atoms with E-state index in [4.69, 9.17) is 10.4 Å². The van der Waals surface area contributed by atoms with Crippen LogP contribution in [0, 0.1) is 11.3 Å². The van der Waals surface area contributed by atoms with Crippen molar-refractivity contribution in [2.24, 2.45) is 0 Å². The molecule has 0 fully saturated rings. The third-order valence-electron chi connectivity index (χ3n) is 1.92. The summed E-state index contributed by atoms with van der Waals surface area (Å²) in [6, 6.07) is 5.33. The standard InChI is InChI=1S/C10H8BrNO2S/c11-4-9-6(3-10(13)14)1-8(15)2-7(9)5-12/h1-2,15H,3-4H2,(H,13,14). The summed E-state index contributed by atoms with van der Waals surface area (Å²) >= 11 is 7.37. The van der Waals surface area contributed by atoms with E-state index in [1.165, 1.54) is 0 Å². The van der Waals surface area contributed by atoms with Crippen LogP contribution in [0.2, 0.25) is 0 Å². The van der Waals surface area contributed by atoms with Crippen LogP contribution in [0.4, 0.5) is 0 Å². The number of halogens is 1. The molecule has 1 aromatic carbocycles. The fraction of sp³-hybridized carbons (Fsp3) is 0.200. The number of carbonyl (C=O) groups is 1. The Hall–Kier alpha value is -0.990. The highest BCUT2D eigenvalue weighted by atomic mass is 79.9. The van der Waals surface area contributed by atoms with E-state index >= 15 is 0 Å². The van der Waals surface area contributed by atoms with Gasteiger partial charge in [-0.3, -0.25) is 4.79 Å². The van der Waals surface area contributed by atoms with Crippen LogP contribution in [0.3, 0.4) is 0 Å². The Morgan fingerprint density at radius 3 is 2.73 bits per heavy atom. The Morgan fingerprint density at radius 1 is 1.60 bits per heavy atom. The van der Waals surface area contributed by atoms with Crippen LogP contribution in [0.25, 0.3) is 0 Å². The minimum absolute atomic E-state index is 0.0932. The van der Waals surface area contributed by atoms with Gasteiger partial charge in [0.05, 0.1) is 18.1 Å². The number of alkyl halides is 1. The first-order valence-corrected chi connectivity index (χ1v) is 5.68. The number of carboxylic acids is 1. The Kier molecular flexibility index (Phi) is 4.18. The van der Waals surface area contributed by atoms with Crippen molar-refractivity contribution in [2.45, 2.75) is 16.6 Å². The summed E-state index contributed by atoms with van der Waals surface area (Å²) in [6.07, 6.45) is -0.0932. The smallest absolute Gasteiger partial charge is 0.307 e. The molecule has 0 saturated heterocycles. The molecule has 0 atom stereocenters. The van der Waals surface area contributed by atoms with Crippen molar-refractivity contribution >= 4 is 34.5 Å². The Bertz CT molecular complexity index is 440. The molecular formula is C10H8BrNO2S. The number of thiol groups is 1. The molecule has 0 amide bonds. The molecule has 0 saturated carbocycles. The maximum absolute atomic E-state index is 10.6. The van der Waals surface area contributed by atoms with E-state index in [0.717, 1.165) is 5.56 Å². The number of aliphatic carboxylic acids is 1. The van der Waals surface area contributed by atoms with E-state index in [0.29, 0.717) is 21.4 Å². The molecule has 0 heterocycles. The molecule has 0 unspecified atom stereocenters. The van der Waals surface area contributed by atoms with E-state index < -0.39 is 5.97 Å². The first-order valence-electron chi connectivity index (χ1n) is 4.11. The van der Waals surface area contributed by atoms with Crippen molar-refractivity contribution in [1.82, 2.24) is 0 Å². The van der Waals surface area contributed by atoms with Gasteiger partial charge >= 0.3 is 5.97 Å². The average Bonchev–Trinajstić information content (AvgIpc) is 2.15. The summed E-state index contributed by atoms with van der Waals surface area (Å²) in [5, 5.41) is 18.1. The van der Waals surface area contributed by atoms with E-state index in [1.54, 1.807) is 12.1 Å². The number of hydrogen-bond acceptors (Lipinski definition) is 3. The lowest BCUT2D eigenvalue weighted by Crippen LogP contribution is -2.04. The zero-order chi connectivity index (χ0) is 11.4. The highest BCUT2D eigenvalue weighted by molar-refractivity contribution is 9.08. The number of hydrogen-bond donors (Lipinski definition) is 2. The molecule has 15 heavy (non-hydrogen) atoms. The van der Waals surface area contributed by atoms with Crippen LogP contribution in [-0.4, -0.2) is 11.1 Å². The molecule has 1 aromatic rings. The van der Waals surface area contributed by atoms with Gasteiger partial charge in [-0.15, -0.1) is 12.6 Å². The van der Waals surface area contributed by atoms with Gasteiger partial charge in [-0.25, -0.2) is 0 Å². The molecule has 0 aliphatic rings. The topological polar surface area (TPSA) is 61.1 Å². The van der Waals surface area contributed by atoms with E-state index in [1.807, 2.05) is 6.07 Å². The molecule has 1 N–H and O–H groups in total. The van der Waals surface area contributed by atoms with Crippen molar-refractivity contribution < 1.29 is 9.90 Å². The van der Waals surface area contributed by atoms with Crippen LogP contribution in [0.15, 0.2) is 17.0 Å². The Labute approximate surface area is 101 Å². The highest BCUT2D eigenvalue weighted by Gasteiger charge is 2.11. The number of rotatable bonds is 3. The Morgan fingerprint density at radius 2 is 2.27 bits per heavy atom. The summed E-state index contributed by atoms with van der Waals surface area (Å²) in [6.45, 7) is 0. The maximum atomic E-state index is 10.6. The van der Waals surface area contributed by atoms with Crippen molar-refractivity contribution in [3.63, 3.8) is 0 Å². The van der Waals surface area contributed by atoms with Gasteiger partial charge in [0.2, 0.25) is 0 Å². The molecule has 0 bridgehead atoms. The zero-order valence-corrected chi connectivity index (χ0v) is 10.2. The van der Waals surface area contributed by atoms with Crippen LogP contribution in [0.5, 0.6) is 0 Å². The Balaban J connectivity index is 3.30. The van der Waals surface area contributed by atoms with Gasteiger partial charge < -0.3 is 5.11 Å². The maximum Gasteiger partial charge on any atom is 0.307 e.